The molecule has 0 spiro atoms. The quantitative estimate of drug-likeness (QED) is 0.644. The van der Waals surface area contributed by atoms with E-state index in [1.54, 1.807) is 11.3 Å². The van der Waals surface area contributed by atoms with Gasteiger partial charge < -0.3 is 0 Å². The van der Waals surface area contributed by atoms with Crippen LogP contribution in [0.1, 0.15) is 28.4 Å². The molecule has 3 nitrogen and oxygen atoms in total. The first-order valence-electron chi connectivity index (χ1n) is 5.60. The minimum Gasteiger partial charge on any atom is -0.271 e. The van der Waals surface area contributed by atoms with E-state index in [9.17, 15) is 0 Å². The normalized spacial score (nSPS) is 12.6. The van der Waals surface area contributed by atoms with Gasteiger partial charge in [-0.2, -0.15) is 0 Å². The molecule has 90 valence electrons. The number of nitrogens with zero attached hydrogens (tertiary/aromatic N) is 1. The van der Waals surface area contributed by atoms with Gasteiger partial charge in [-0.05, 0) is 25.8 Å². The van der Waals surface area contributed by atoms with Gasteiger partial charge in [0, 0.05) is 5.38 Å². The molecule has 0 radical (unpaired) electrons. The SMILES string of the molecule is Cc1cc(C)cc(CC(NN)c2cscn2)c1. The third kappa shape index (κ3) is 3.12. The third-order valence-corrected chi connectivity index (χ3v) is 3.34. The number of rotatable bonds is 4. The first kappa shape index (κ1) is 12.2. The van der Waals surface area contributed by atoms with Crippen molar-refractivity contribution >= 4 is 11.3 Å². The summed E-state index contributed by atoms with van der Waals surface area (Å²) in [4.78, 5) is 4.30. The van der Waals surface area contributed by atoms with Gasteiger partial charge in [0.25, 0.3) is 0 Å². The van der Waals surface area contributed by atoms with E-state index in [1.807, 2.05) is 10.9 Å². The largest absolute Gasteiger partial charge is 0.271 e. The van der Waals surface area contributed by atoms with Crippen molar-refractivity contribution in [1.82, 2.24) is 10.4 Å². The zero-order chi connectivity index (χ0) is 12.3. The van der Waals surface area contributed by atoms with Crippen molar-refractivity contribution < 1.29 is 0 Å². The van der Waals surface area contributed by atoms with Crippen LogP contribution in [0.4, 0.5) is 0 Å². The molecule has 17 heavy (non-hydrogen) atoms. The maximum Gasteiger partial charge on any atom is 0.0795 e. The number of thiazole rings is 1. The van der Waals surface area contributed by atoms with Gasteiger partial charge in [-0.15, -0.1) is 11.3 Å². The van der Waals surface area contributed by atoms with Crippen LogP contribution in [0.15, 0.2) is 29.1 Å². The fraction of sp³-hybridized carbons (Fsp3) is 0.308. The lowest BCUT2D eigenvalue weighted by Crippen LogP contribution is -2.29. The summed E-state index contributed by atoms with van der Waals surface area (Å²) in [6.07, 6.45) is 0.864. The van der Waals surface area contributed by atoms with Gasteiger partial charge in [-0.1, -0.05) is 29.3 Å². The summed E-state index contributed by atoms with van der Waals surface area (Å²) in [6, 6.07) is 6.66. The Bertz CT molecular complexity index is 459. The minimum atomic E-state index is 0.0856. The molecule has 0 saturated heterocycles. The van der Waals surface area contributed by atoms with Crippen molar-refractivity contribution in [3.63, 3.8) is 0 Å². The predicted molar refractivity (Wildman–Crippen MR) is 71.8 cm³/mol. The van der Waals surface area contributed by atoms with E-state index in [0.717, 1.165) is 12.1 Å². The molecule has 4 heteroatoms. The number of hydrogen-bond donors (Lipinski definition) is 2. The van der Waals surface area contributed by atoms with Gasteiger partial charge in [0.05, 0.1) is 17.2 Å². The molecule has 0 saturated carbocycles. The Hall–Kier alpha value is -1.23. The standard InChI is InChI=1S/C13H17N3S/c1-9-3-10(2)5-11(4-9)6-12(16-14)13-7-17-8-15-13/h3-5,7-8,12,16H,6,14H2,1-2H3. The summed E-state index contributed by atoms with van der Waals surface area (Å²) < 4.78 is 0. The van der Waals surface area contributed by atoms with E-state index in [2.05, 4.69) is 42.5 Å². The lowest BCUT2D eigenvalue weighted by atomic mass is 10.0. The zero-order valence-corrected chi connectivity index (χ0v) is 10.9. The molecule has 0 aliphatic rings. The molecule has 0 aliphatic carbocycles. The van der Waals surface area contributed by atoms with Crippen molar-refractivity contribution in [3.8, 4) is 0 Å². The minimum absolute atomic E-state index is 0.0856. The van der Waals surface area contributed by atoms with Crippen LogP contribution in [-0.4, -0.2) is 4.98 Å². The maximum absolute atomic E-state index is 5.60. The van der Waals surface area contributed by atoms with Crippen LogP contribution in [0.2, 0.25) is 0 Å². The zero-order valence-electron chi connectivity index (χ0n) is 10.1. The van der Waals surface area contributed by atoms with Crippen molar-refractivity contribution in [1.29, 1.82) is 0 Å². The Labute approximate surface area is 106 Å². The van der Waals surface area contributed by atoms with E-state index in [0.29, 0.717) is 0 Å². The molecule has 0 fully saturated rings. The van der Waals surface area contributed by atoms with E-state index in [-0.39, 0.29) is 6.04 Å². The number of aromatic nitrogens is 1. The van der Waals surface area contributed by atoms with E-state index >= 15 is 0 Å². The highest BCUT2D eigenvalue weighted by molar-refractivity contribution is 7.07. The molecule has 0 aliphatic heterocycles. The Morgan fingerprint density at radius 3 is 2.53 bits per heavy atom. The number of aryl methyl sites for hydroxylation is 2. The lowest BCUT2D eigenvalue weighted by molar-refractivity contribution is 0.541. The van der Waals surface area contributed by atoms with Gasteiger partial charge in [-0.25, -0.2) is 4.98 Å². The average molecular weight is 247 g/mol. The van der Waals surface area contributed by atoms with Crippen molar-refractivity contribution in [2.75, 3.05) is 0 Å². The highest BCUT2D eigenvalue weighted by Crippen LogP contribution is 2.19. The molecule has 1 atom stereocenters. The second kappa shape index (κ2) is 5.40. The van der Waals surface area contributed by atoms with Crippen molar-refractivity contribution in [2.24, 2.45) is 5.84 Å². The number of nitrogens with one attached hydrogen (secondary N) is 1. The van der Waals surface area contributed by atoms with Crippen LogP contribution in [0.5, 0.6) is 0 Å². The Morgan fingerprint density at radius 2 is 2.00 bits per heavy atom. The molecular weight excluding hydrogens is 230 g/mol. The number of benzene rings is 1. The average Bonchev–Trinajstić information content (AvgIpc) is 2.77. The topological polar surface area (TPSA) is 50.9 Å². The van der Waals surface area contributed by atoms with E-state index < -0.39 is 0 Å². The number of nitrogens with two attached hydrogens (primary N) is 1. The van der Waals surface area contributed by atoms with Crippen LogP contribution in [0.3, 0.4) is 0 Å². The van der Waals surface area contributed by atoms with Gasteiger partial charge in [0.1, 0.15) is 0 Å². The summed E-state index contributed by atoms with van der Waals surface area (Å²) in [5.74, 6) is 5.60. The molecule has 0 amide bonds. The lowest BCUT2D eigenvalue weighted by Gasteiger charge is -2.14. The first-order valence-corrected chi connectivity index (χ1v) is 6.54. The van der Waals surface area contributed by atoms with Gasteiger partial charge in [0.15, 0.2) is 0 Å². The molecule has 1 aromatic heterocycles. The molecule has 2 rings (SSSR count). The van der Waals surface area contributed by atoms with Gasteiger partial charge in [0.2, 0.25) is 0 Å². The number of hydrogen-bond acceptors (Lipinski definition) is 4. The summed E-state index contributed by atoms with van der Waals surface area (Å²) in [5, 5.41) is 2.03. The van der Waals surface area contributed by atoms with Crippen LogP contribution in [0, 0.1) is 13.8 Å². The first-order chi connectivity index (χ1) is 8.19. The summed E-state index contributed by atoms with van der Waals surface area (Å²) in [5.41, 5.74) is 9.54. The monoisotopic (exact) mass is 247 g/mol. The highest BCUT2D eigenvalue weighted by atomic mass is 32.1. The van der Waals surface area contributed by atoms with Crippen LogP contribution in [0.25, 0.3) is 0 Å². The Morgan fingerprint density at radius 1 is 1.29 bits per heavy atom. The molecule has 3 N–H and O–H groups in total. The van der Waals surface area contributed by atoms with Crippen LogP contribution >= 0.6 is 11.3 Å². The Balaban J connectivity index is 2.18. The second-order valence-electron chi connectivity index (χ2n) is 4.33. The fourth-order valence-electron chi connectivity index (χ4n) is 2.07. The Kier molecular flexibility index (Phi) is 3.89. The molecule has 1 unspecified atom stereocenters. The van der Waals surface area contributed by atoms with Crippen molar-refractivity contribution in [3.05, 3.63) is 51.5 Å². The highest BCUT2D eigenvalue weighted by Gasteiger charge is 2.12. The second-order valence-corrected chi connectivity index (χ2v) is 5.05. The molecule has 1 heterocycles. The fourth-order valence-corrected chi connectivity index (χ4v) is 2.67. The summed E-state index contributed by atoms with van der Waals surface area (Å²) in [7, 11) is 0. The smallest absolute Gasteiger partial charge is 0.0795 e. The van der Waals surface area contributed by atoms with Crippen LogP contribution < -0.4 is 11.3 Å². The maximum atomic E-state index is 5.60. The van der Waals surface area contributed by atoms with Crippen molar-refractivity contribution in [2.45, 2.75) is 26.3 Å². The van der Waals surface area contributed by atoms with Gasteiger partial charge >= 0.3 is 0 Å². The molecule has 1 aromatic carbocycles. The summed E-state index contributed by atoms with van der Waals surface area (Å²) in [6.45, 7) is 4.23. The molecular formula is C13H17N3S. The molecule has 0 bridgehead atoms. The van der Waals surface area contributed by atoms with Gasteiger partial charge in [-0.3, -0.25) is 11.3 Å². The molecule has 2 aromatic rings. The van der Waals surface area contributed by atoms with E-state index in [1.165, 1.54) is 16.7 Å². The summed E-state index contributed by atoms with van der Waals surface area (Å²) >= 11 is 1.59. The van der Waals surface area contributed by atoms with E-state index in [4.69, 9.17) is 5.84 Å². The third-order valence-electron chi connectivity index (χ3n) is 2.73. The predicted octanol–water partition coefficient (Wildman–Crippen LogP) is 2.51. The number of hydrazine groups is 1. The van der Waals surface area contributed by atoms with Crippen LogP contribution in [-0.2, 0) is 6.42 Å².